The highest BCUT2D eigenvalue weighted by Gasteiger charge is 2.26. The highest BCUT2D eigenvalue weighted by Crippen LogP contribution is 2.29. The molecule has 0 saturated heterocycles. The van der Waals surface area contributed by atoms with E-state index in [1.807, 2.05) is 42.5 Å². The zero-order valence-corrected chi connectivity index (χ0v) is 15.5. The monoisotopic (exact) mass is 370 g/mol. The van der Waals surface area contributed by atoms with Gasteiger partial charge >= 0.3 is 5.97 Å². The Morgan fingerprint density at radius 1 is 0.923 bits per heavy atom. The molecule has 0 amide bonds. The van der Waals surface area contributed by atoms with Gasteiger partial charge < -0.3 is 4.74 Å². The molecule has 2 aromatic rings. The van der Waals surface area contributed by atoms with Gasteiger partial charge in [0.25, 0.3) is 0 Å². The van der Waals surface area contributed by atoms with Gasteiger partial charge in [-0.05, 0) is 48.9 Å². The molecule has 1 fully saturated rings. The molecule has 26 heavy (non-hydrogen) atoms. The van der Waals surface area contributed by atoms with Crippen LogP contribution in [0.2, 0.25) is 5.02 Å². The van der Waals surface area contributed by atoms with Crippen LogP contribution in [-0.2, 0) is 14.3 Å². The van der Waals surface area contributed by atoms with Gasteiger partial charge in [0.2, 0.25) is 5.78 Å². The lowest BCUT2D eigenvalue weighted by Crippen LogP contribution is -2.27. The van der Waals surface area contributed by atoms with Gasteiger partial charge in [0, 0.05) is 17.4 Å². The number of hydrogen-bond donors (Lipinski definition) is 0. The molecule has 1 aliphatic rings. The summed E-state index contributed by atoms with van der Waals surface area (Å²) >= 11 is 5.99. The van der Waals surface area contributed by atoms with E-state index in [9.17, 15) is 9.59 Å². The zero-order chi connectivity index (χ0) is 18.4. The fourth-order valence-corrected chi connectivity index (χ4v) is 3.60. The van der Waals surface area contributed by atoms with Crippen LogP contribution < -0.4 is 0 Å². The van der Waals surface area contributed by atoms with Gasteiger partial charge in [-0.2, -0.15) is 0 Å². The Bertz CT molecular complexity index is 734. The first kappa shape index (κ1) is 18.7. The number of ether oxygens (including phenoxy) is 1. The van der Waals surface area contributed by atoms with Crippen LogP contribution in [0, 0.1) is 0 Å². The molecule has 3 rings (SSSR count). The number of esters is 1. The molecule has 1 saturated carbocycles. The van der Waals surface area contributed by atoms with Crippen LogP contribution >= 0.6 is 11.6 Å². The Labute approximate surface area is 159 Å². The molecular weight excluding hydrogens is 348 g/mol. The fourth-order valence-electron chi connectivity index (χ4n) is 3.48. The summed E-state index contributed by atoms with van der Waals surface area (Å²) in [6.45, 7) is 0. The van der Waals surface area contributed by atoms with E-state index in [4.69, 9.17) is 16.3 Å². The Morgan fingerprint density at radius 3 is 2.19 bits per heavy atom. The number of carbonyl (C=O) groups is 2. The van der Waals surface area contributed by atoms with E-state index in [-0.39, 0.29) is 18.4 Å². The van der Waals surface area contributed by atoms with Crippen molar-refractivity contribution in [2.24, 2.45) is 0 Å². The van der Waals surface area contributed by atoms with Crippen LogP contribution in [0.15, 0.2) is 54.6 Å². The maximum atomic E-state index is 12.5. The summed E-state index contributed by atoms with van der Waals surface area (Å²) in [7, 11) is 0. The largest absolute Gasteiger partial charge is 0.457 e. The molecule has 0 bridgehead atoms. The van der Waals surface area contributed by atoms with Crippen LogP contribution in [0.25, 0.3) is 0 Å². The summed E-state index contributed by atoms with van der Waals surface area (Å²) in [5.41, 5.74) is 1.95. The lowest BCUT2D eigenvalue weighted by atomic mass is 9.87. The van der Waals surface area contributed by atoms with Crippen molar-refractivity contribution < 1.29 is 14.3 Å². The minimum atomic E-state index is -0.702. The number of rotatable bonds is 6. The van der Waals surface area contributed by atoms with E-state index in [0.717, 1.165) is 36.8 Å². The van der Waals surface area contributed by atoms with Gasteiger partial charge in [-0.3, -0.25) is 4.79 Å². The summed E-state index contributed by atoms with van der Waals surface area (Å²) in [5, 5.41) is 0.642. The predicted octanol–water partition coefficient (Wildman–Crippen LogP) is 5.31. The van der Waals surface area contributed by atoms with E-state index in [2.05, 4.69) is 0 Å². The Balaban J connectivity index is 1.73. The van der Waals surface area contributed by atoms with E-state index < -0.39 is 11.8 Å². The second kappa shape index (κ2) is 9.00. The van der Waals surface area contributed by atoms with Crippen molar-refractivity contribution in [1.29, 1.82) is 0 Å². The third-order valence-corrected chi connectivity index (χ3v) is 5.17. The van der Waals surface area contributed by atoms with Crippen LogP contribution in [0.5, 0.6) is 0 Å². The topological polar surface area (TPSA) is 43.4 Å². The number of Topliss-reactive ketones (excluding diaryl/α,β-unsaturated/α-hetero) is 1. The van der Waals surface area contributed by atoms with Crippen molar-refractivity contribution in [3.05, 3.63) is 70.7 Å². The standard InChI is InChI=1S/C22H23ClO3/c23-18-13-11-17(12-14-18)20(16-7-3-1-4-8-16)15-21(24)22(25)26-19-9-5-2-6-10-19/h1,3-4,7-8,11-14,19-20H,2,5-6,9-10,15H2. The van der Waals surface area contributed by atoms with Crippen molar-refractivity contribution in [2.45, 2.75) is 50.5 Å². The maximum absolute atomic E-state index is 12.5. The molecular formula is C22H23ClO3. The molecule has 0 heterocycles. The van der Waals surface area contributed by atoms with E-state index in [0.29, 0.717) is 5.02 Å². The molecule has 0 radical (unpaired) electrons. The normalized spacial score (nSPS) is 16.0. The third kappa shape index (κ3) is 4.95. The summed E-state index contributed by atoms with van der Waals surface area (Å²) in [6, 6.07) is 17.2. The number of carbonyl (C=O) groups excluding carboxylic acids is 2. The summed E-state index contributed by atoms with van der Waals surface area (Å²) in [4.78, 5) is 24.8. The summed E-state index contributed by atoms with van der Waals surface area (Å²) < 4.78 is 5.44. The first-order valence-electron chi connectivity index (χ1n) is 9.17. The Kier molecular flexibility index (Phi) is 6.45. The molecule has 0 N–H and O–H groups in total. The number of ketones is 1. The Morgan fingerprint density at radius 2 is 1.54 bits per heavy atom. The van der Waals surface area contributed by atoms with Gasteiger partial charge in [-0.1, -0.05) is 60.5 Å². The van der Waals surface area contributed by atoms with Crippen molar-refractivity contribution in [2.75, 3.05) is 0 Å². The molecule has 1 aliphatic carbocycles. The van der Waals surface area contributed by atoms with Crippen LogP contribution in [0.3, 0.4) is 0 Å². The van der Waals surface area contributed by atoms with E-state index in [1.165, 1.54) is 6.42 Å². The first-order valence-corrected chi connectivity index (χ1v) is 9.55. The van der Waals surface area contributed by atoms with Gasteiger partial charge in [0.05, 0.1) is 0 Å². The third-order valence-electron chi connectivity index (χ3n) is 4.92. The highest BCUT2D eigenvalue weighted by atomic mass is 35.5. The van der Waals surface area contributed by atoms with Crippen LogP contribution in [-0.4, -0.2) is 17.9 Å². The molecule has 1 atom stereocenters. The molecule has 0 aliphatic heterocycles. The molecule has 3 nitrogen and oxygen atoms in total. The van der Waals surface area contributed by atoms with E-state index in [1.54, 1.807) is 12.1 Å². The lowest BCUT2D eigenvalue weighted by Gasteiger charge is -2.22. The van der Waals surface area contributed by atoms with Gasteiger partial charge in [0.1, 0.15) is 6.10 Å². The minimum Gasteiger partial charge on any atom is -0.457 e. The van der Waals surface area contributed by atoms with Gasteiger partial charge in [-0.15, -0.1) is 0 Å². The Hall–Kier alpha value is -2.13. The van der Waals surface area contributed by atoms with Crippen LogP contribution in [0.1, 0.15) is 55.6 Å². The minimum absolute atomic E-state index is 0.0944. The maximum Gasteiger partial charge on any atom is 0.374 e. The number of benzene rings is 2. The number of hydrogen-bond acceptors (Lipinski definition) is 3. The fraction of sp³-hybridized carbons (Fsp3) is 0.364. The molecule has 1 unspecified atom stereocenters. The lowest BCUT2D eigenvalue weighted by molar-refractivity contribution is -0.159. The zero-order valence-electron chi connectivity index (χ0n) is 14.7. The van der Waals surface area contributed by atoms with Crippen molar-refractivity contribution in [3.8, 4) is 0 Å². The summed E-state index contributed by atoms with van der Waals surface area (Å²) in [6.07, 6.45) is 5.00. The van der Waals surface area contributed by atoms with E-state index >= 15 is 0 Å². The molecule has 136 valence electrons. The highest BCUT2D eigenvalue weighted by molar-refractivity contribution is 6.33. The second-order valence-electron chi connectivity index (χ2n) is 6.81. The van der Waals surface area contributed by atoms with Gasteiger partial charge in [-0.25, -0.2) is 4.79 Å². The quantitative estimate of drug-likeness (QED) is 0.511. The molecule has 0 spiro atoms. The SMILES string of the molecule is O=C(CC(c1ccccc1)c1ccc(Cl)cc1)C(=O)OC1CCCCC1. The molecule has 2 aromatic carbocycles. The van der Waals surface area contributed by atoms with Crippen molar-refractivity contribution >= 4 is 23.4 Å². The number of halogens is 1. The van der Waals surface area contributed by atoms with Crippen molar-refractivity contribution in [3.63, 3.8) is 0 Å². The second-order valence-corrected chi connectivity index (χ2v) is 7.24. The average Bonchev–Trinajstić information content (AvgIpc) is 2.68. The van der Waals surface area contributed by atoms with Gasteiger partial charge in [0.15, 0.2) is 0 Å². The smallest absolute Gasteiger partial charge is 0.374 e. The summed E-state index contributed by atoms with van der Waals surface area (Å²) in [5.74, 6) is -1.37. The molecule has 0 aromatic heterocycles. The first-order chi connectivity index (χ1) is 12.6. The molecule has 4 heteroatoms. The van der Waals surface area contributed by atoms with Crippen LogP contribution in [0.4, 0.5) is 0 Å². The average molecular weight is 371 g/mol. The van der Waals surface area contributed by atoms with Crippen molar-refractivity contribution in [1.82, 2.24) is 0 Å². The predicted molar refractivity (Wildman–Crippen MR) is 102 cm³/mol.